The number of piperazine rings is 1. The number of amides is 1. The van der Waals surface area contributed by atoms with Gasteiger partial charge in [0.15, 0.2) is 6.10 Å². The van der Waals surface area contributed by atoms with Gasteiger partial charge in [-0.1, -0.05) is 18.5 Å². The Morgan fingerprint density at radius 2 is 1.85 bits per heavy atom. The highest BCUT2D eigenvalue weighted by Crippen LogP contribution is 2.17. The van der Waals surface area contributed by atoms with Gasteiger partial charge < -0.3 is 14.5 Å². The largest absolute Gasteiger partial charge is 0.481 e. The summed E-state index contributed by atoms with van der Waals surface area (Å²) in [5.41, 5.74) is 0. The Labute approximate surface area is 125 Å². The first-order chi connectivity index (χ1) is 9.60. The lowest BCUT2D eigenvalue weighted by Gasteiger charge is -2.35. The lowest BCUT2D eigenvalue weighted by atomic mass is 10.2. The van der Waals surface area contributed by atoms with E-state index in [4.69, 9.17) is 16.3 Å². The topological polar surface area (TPSA) is 32.8 Å². The van der Waals surface area contributed by atoms with E-state index in [9.17, 15) is 4.79 Å². The van der Waals surface area contributed by atoms with Gasteiger partial charge in [-0.2, -0.15) is 0 Å². The summed E-state index contributed by atoms with van der Waals surface area (Å²) in [5.74, 6) is 0.721. The average molecular weight is 297 g/mol. The molecule has 20 heavy (non-hydrogen) atoms. The highest BCUT2D eigenvalue weighted by Gasteiger charge is 2.25. The maximum atomic E-state index is 12.3. The van der Waals surface area contributed by atoms with Gasteiger partial charge in [0.1, 0.15) is 5.75 Å². The molecule has 4 nitrogen and oxygen atoms in total. The number of carbonyl (C=O) groups excluding carboxylic acids is 1. The van der Waals surface area contributed by atoms with Crippen molar-refractivity contribution in [1.82, 2.24) is 9.80 Å². The summed E-state index contributed by atoms with van der Waals surface area (Å²) in [7, 11) is 0. The van der Waals surface area contributed by atoms with Crippen molar-refractivity contribution in [3.63, 3.8) is 0 Å². The molecule has 0 saturated carbocycles. The Bertz CT molecular complexity index is 442. The zero-order chi connectivity index (χ0) is 14.5. The molecule has 0 aromatic heterocycles. The quantitative estimate of drug-likeness (QED) is 0.854. The molecule has 0 aliphatic carbocycles. The van der Waals surface area contributed by atoms with Crippen LogP contribution in [0.4, 0.5) is 0 Å². The fraction of sp³-hybridized carbons (Fsp3) is 0.533. The molecule has 1 unspecified atom stereocenters. The molecule has 1 aromatic rings. The van der Waals surface area contributed by atoms with Crippen LogP contribution >= 0.6 is 11.6 Å². The normalized spacial score (nSPS) is 17.9. The number of nitrogens with zero attached hydrogens (tertiary/aromatic N) is 2. The third-order valence-corrected chi connectivity index (χ3v) is 3.86. The number of rotatable bonds is 4. The van der Waals surface area contributed by atoms with Crippen molar-refractivity contribution in [2.24, 2.45) is 0 Å². The minimum absolute atomic E-state index is 0.0516. The third-order valence-electron chi connectivity index (χ3n) is 3.61. The molecule has 2 rings (SSSR count). The minimum atomic E-state index is -0.468. The Hall–Kier alpha value is -1.26. The predicted octanol–water partition coefficient (Wildman–Crippen LogP) is 2.27. The zero-order valence-electron chi connectivity index (χ0n) is 12.0. The lowest BCUT2D eigenvalue weighted by molar-refractivity contribution is -0.139. The molecule has 1 saturated heterocycles. The van der Waals surface area contributed by atoms with Crippen LogP contribution in [-0.4, -0.2) is 54.5 Å². The molecule has 1 aliphatic rings. The number of benzene rings is 1. The smallest absolute Gasteiger partial charge is 0.263 e. The van der Waals surface area contributed by atoms with E-state index in [2.05, 4.69) is 11.8 Å². The van der Waals surface area contributed by atoms with Crippen LogP contribution in [0.3, 0.4) is 0 Å². The number of carbonyl (C=O) groups is 1. The second kappa shape index (κ2) is 6.95. The van der Waals surface area contributed by atoms with Crippen molar-refractivity contribution >= 4 is 17.5 Å². The molecule has 1 atom stereocenters. The van der Waals surface area contributed by atoms with E-state index in [1.54, 1.807) is 31.2 Å². The van der Waals surface area contributed by atoms with E-state index in [1.165, 1.54) is 0 Å². The maximum Gasteiger partial charge on any atom is 0.263 e. The summed E-state index contributed by atoms with van der Waals surface area (Å²) in [6.45, 7) is 8.42. The van der Waals surface area contributed by atoms with Crippen LogP contribution in [0.2, 0.25) is 5.02 Å². The Morgan fingerprint density at radius 3 is 2.40 bits per heavy atom. The van der Waals surface area contributed by atoms with Crippen LogP contribution in [-0.2, 0) is 4.79 Å². The standard InChI is InChI=1S/C15H21ClN2O2/c1-3-17-8-10-18(11-9-17)15(19)12(2)20-14-6-4-13(16)5-7-14/h4-7,12H,3,8-11H2,1-2H3. The fourth-order valence-electron chi connectivity index (χ4n) is 2.31. The molecule has 1 amide bonds. The Kier molecular flexibility index (Phi) is 5.26. The monoisotopic (exact) mass is 296 g/mol. The van der Waals surface area contributed by atoms with E-state index in [1.807, 2.05) is 4.90 Å². The van der Waals surface area contributed by atoms with Gasteiger partial charge in [0.2, 0.25) is 0 Å². The molecule has 1 fully saturated rings. The summed E-state index contributed by atoms with van der Waals surface area (Å²) in [6, 6.07) is 7.07. The van der Waals surface area contributed by atoms with Gasteiger partial charge in [-0.15, -0.1) is 0 Å². The van der Waals surface area contributed by atoms with E-state index in [0.717, 1.165) is 32.7 Å². The van der Waals surface area contributed by atoms with Gasteiger partial charge in [0.25, 0.3) is 5.91 Å². The summed E-state index contributed by atoms with van der Waals surface area (Å²) in [5, 5.41) is 0.659. The first kappa shape index (κ1) is 15.1. The molecule has 5 heteroatoms. The Morgan fingerprint density at radius 1 is 1.25 bits per heavy atom. The molecule has 0 spiro atoms. The molecule has 1 aliphatic heterocycles. The van der Waals surface area contributed by atoms with Gasteiger partial charge >= 0.3 is 0 Å². The van der Waals surface area contributed by atoms with Crippen molar-refractivity contribution < 1.29 is 9.53 Å². The second-order valence-corrected chi connectivity index (χ2v) is 5.41. The Balaban J connectivity index is 1.87. The van der Waals surface area contributed by atoms with Crippen LogP contribution in [0.25, 0.3) is 0 Å². The fourth-order valence-corrected chi connectivity index (χ4v) is 2.44. The van der Waals surface area contributed by atoms with Crippen LogP contribution in [0.1, 0.15) is 13.8 Å². The van der Waals surface area contributed by atoms with E-state index in [-0.39, 0.29) is 5.91 Å². The molecule has 0 bridgehead atoms. The predicted molar refractivity (Wildman–Crippen MR) is 80.2 cm³/mol. The van der Waals surface area contributed by atoms with E-state index in [0.29, 0.717) is 10.8 Å². The van der Waals surface area contributed by atoms with Crippen molar-refractivity contribution in [1.29, 1.82) is 0 Å². The van der Waals surface area contributed by atoms with E-state index < -0.39 is 6.10 Å². The second-order valence-electron chi connectivity index (χ2n) is 4.97. The summed E-state index contributed by atoms with van der Waals surface area (Å²) < 4.78 is 5.67. The SMILES string of the molecule is CCN1CCN(C(=O)C(C)Oc2ccc(Cl)cc2)CC1. The van der Waals surface area contributed by atoms with Crippen LogP contribution in [0.15, 0.2) is 24.3 Å². The first-order valence-electron chi connectivity index (χ1n) is 7.03. The van der Waals surface area contributed by atoms with Crippen LogP contribution < -0.4 is 4.74 Å². The number of likely N-dealkylation sites (N-methyl/N-ethyl adjacent to an activating group) is 1. The van der Waals surface area contributed by atoms with Crippen molar-refractivity contribution in [3.8, 4) is 5.75 Å². The van der Waals surface area contributed by atoms with E-state index >= 15 is 0 Å². The van der Waals surface area contributed by atoms with Gasteiger partial charge in [0, 0.05) is 31.2 Å². The third kappa shape index (κ3) is 3.87. The maximum absolute atomic E-state index is 12.3. The van der Waals surface area contributed by atoms with Gasteiger partial charge in [-0.05, 0) is 37.7 Å². The molecular weight excluding hydrogens is 276 g/mol. The average Bonchev–Trinajstić information content (AvgIpc) is 2.49. The first-order valence-corrected chi connectivity index (χ1v) is 7.41. The molecule has 110 valence electrons. The highest BCUT2D eigenvalue weighted by molar-refractivity contribution is 6.30. The molecular formula is C15H21ClN2O2. The summed E-state index contributed by atoms with van der Waals surface area (Å²) in [6.07, 6.45) is -0.468. The highest BCUT2D eigenvalue weighted by atomic mass is 35.5. The molecule has 0 radical (unpaired) electrons. The number of hydrogen-bond donors (Lipinski definition) is 0. The minimum Gasteiger partial charge on any atom is -0.481 e. The number of halogens is 1. The van der Waals surface area contributed by atoms with Crippen molar-refractivity contribution in [2.75, 3.05) is 32.7 Å². The molecule has 1 heterocycles. The van der Waals surface area contributed by atoms with Crippen LogP contribution in [0.5, 0.6) is 5.75 Å². The van der Waals surface area contributed by atoms with Gasteiger partial charge in [-0.25, -0.2) is 0 Å². The van der Waals surface area contributed by atoms with Gasteiger partial charge in [-0.3, -0.25) is 4.79 Å². The molecule has 1 aromatic carbocycles. The number of ether oxygens (including phenoxy) is 1. The van der Waals surface area contributed by atoms with Crippen LogP contribution in [0, 0.1) is 0 Å². The van der Waals surface area contributed by atoms with Crippen molar-refractivity contribution in [3.05, 3.63) is 29.3 Å². The summed E-state index contributed by atoms with van der Waals surface area (Å²) >= 11 is 5.82. The van der Waals surface area contributed by atoms with Crippen molar-refractivity contribution in [2.45, 2.75) is 20.0 Å². The number of hydrogen-bond acceptors (Lipinski definition) is 3. The van der Waals surface area contributed by atoms with Gasteiger partial charge in [0.05, 0.1) is 0 Å². The molecule has 0 N–H and O–H groups in total. The lowest BCUT2D eigenvalue weighted by Crippen LogP contribution is -2.51. The summed E-state index contributed by atoms with van der Waals surface area (Å²) in [4.78, 5) is 16.5. The zero-order valence-corrected chi connectivity index (χ0v) is 12.8.